The van der Waals surface area contributed by atoms with Crippen molar-refractivity contribution in [2.75, 3.05) is 13.1 Å². The third-order valence-electron chi connectivity index (χ3n) is 4.22. The summed E-state index contributed by atoms with van der Waals surface area (Å²) in [7, 11) is 0. The second-order valence-corrected chi connectivity index (χ2v) is 5.79. The molecule has 0 aromatic heterocycles. The predicted molar refractivity (Wildman–Crippen MR) is 71.5 cm³/mol. The Labute approximate surface area is 117 Å². The van der Waals surface area contributed by atoms with Crippen LogP contribution >= 0.6 is 0 Å². The number of rotatable bonds is 2. The van der Waals surface area contributed by atoms with Gasteiger partial charge in [0.15, 0.2) is 6.10 Å². The van der Waals surface area contributed by atoms with Crippen LogP contribution in [0.25, 0.3) is 0 Å². The van der Waals surface area contributed by atoms with Gasteiger partial charge >= 0.3 is 5.97 Å². The van der Waals surface area contributed by atoms with Gasteiger partial charge in [-0.2, -0.15) is 0 Å². The molecular formula is C15H17NO4. The number of para-hydroxylation sites is 1. The molecule has 0 bridgehead atoms. The lowest BCUT2D eigenvalue weighted by atomic mass is 9.90. The van der Waals surface area contributed by atoms with Crippen LogP contribution in [-0.2, 0) is 16.0 Å². The van der Waals surface area contributed by atoms with E-state index in [1.54, 1.807) is 11.8 Å². The molecule has 1 aromatic rings. The summed E-state index contributed by atoms with van der Waals surface area (Å²) in [6, 6.07) is 7.61. The lowest BCUT2D eigenvalue weighted by Gasteiger charge is -2.22. The smallest absolute Gasteiger partial charge is 0.311 e. The number of amides is 1. The molecule has 5 nitrogen and oxygen atoms in total. The highest BCUT2D eigenvalue weighted by Crippen LogP contribution is 2.33. The van der Waals surface area contributed by atoms with Crippen LogP contribution in [0.3, 0.4) is 0 Å². The number of carbonyl (C=O) groups is 2. The average Bonchev–Trinajstić information content (AvgIpc) is 3.02. The number of hydrogen-bond donors (Lipinski definition) is 1. The Balaban J connectivity index is 1.69. The minimum absolute atomic E-state index is 0.105. The summed E-state index contributed by atoms with van der Waals surface area (Å²) in [5, 5.41) is 9.21. The molecule has 5 heteroatoms. The normalized spacial score (nSPS) is 28.1. The van der Waals surface area contributed by atoms with Crippen LogP contribution in [0, 0.1) is 5.41 Å². The Bertz CT molecular complexity index is 546. The maximum Gasteiger partial charge on any atom is 0.311 e. The predicted octanol–water partition coefficient (Wildman–Crippen LogP) is 1.31. The zero-order valence-corrected chi connectivity index (χ0v) is 11.3. The van der Waals surface area contributed by atoms with E-state index in [0.29, 0.717) is 19.4 Å². The van der Waals surface area contributed by atoms with Crippen LogP contribution < -0.4 is 4.74 Å². The molecule has 2 atom stereocenters. The van der Waals surface area contributed by atoms with Crippen LogP contribution in [-0.4, -0.2) is 41.1 Å². The van der Waals surface area contributed by atoms with Crippen LogP contribution in [0.15, 0.2) is 24.3 Å². The molecule has 3 rings (SSSR count). The zero-order valence-electron chi connectivity index (χ0n) is 11.3. The summed E-state index contributed by atoms with van der Waals surface area (Å²) in [5.74, 6) is -0.194. The van der Waals surface area contributed by atoms with Crippen molar-refractivity contribution in [3.63, 3.8) is 0 Å². The Hall–Kier alpha value is -2.04. The molecule has 20 heavy (non-hydrogen) atoms. The fraction of sp³-hybridized carbons (Fsp3) is 0.467. The van der Waals surface area contributed by atoms with Crippen molar-refractivity contribution in [2.24, 2.45) is 5.41 Å². The van der Waals surface area contributed by atoms with Crippen molar-refractivity contribution < 1.29 is 19.4 Å². The van der Waals surface area contributed by atoms with E-state index in [-0.39, 0.29) is 12.5 Å². The van der Waals surface area contributed by atoms with Crippen LogP contribution in [0.4, 0.5) is 0 Å². The summed E-state index contributed by atoms with van der Waals surface area (Å²) in [4.78, 5) is 25.3. The fourth-order valence-electron chi connectivity index (χ4n) is 2.85. The van der Waals surface area contributed by atoms with Gasteiger partial charge in [0.2, 0.25) is 0 Å². The van der Waals surface area contributed by atoms with E-state index in [0.717, 1.165) is 11.3 Å². The summed E-state index contributed by atoms with van der Waals surface area (Å²) < 4.78 is 5.67. The summed E-state index contributed by atoms with van der Waals surface area (Å²) >= 11 is 0. The van der Waals surface area contributed by atoms with E-state index in [1.165, 1.54) is 0 Å². The lowest BCUT2D eigenvalue weighted by molar-refractivity contribution is -0.147. The zero-order chi connectivity index (χ0) is 14.3. The topological polar surface area (TPSA) is 66.8 Å². The Morgan fingerprint density at radius 3 is 2.80 bits per heavy atom. The molecule has 2 aliphatic heterocycles. The van der Waals surface area contributed by atoms with Crippen molar-refractivity contribution in [2.45, 2.75) is 25.9 Å². The second-order valence-electron chi connectivity index (χ2n) is 5.79. The molecule has 2 heterocycles. The standard InChI is InChI=1S/C15H17NO4/c1-15(14(18)19)6-7-16(9-15)13(17)12-8-10-4-2-3-5-11(10)20-12/h2-5,12H,6-9H2,1H3,(H,18,19)/t12-,15+/m0/s1. The van der Waals surface area contributed by atoms with Gasteiger partial charge in [-0.15, -0.1) is 0 Å². The summed E-state index contributed by atoms with van der Waals surface area (Å²) in [5.41, 5.74) is 0.201. The van der Waals surface area contributed by atoms with Crippen molar-refractivity contribution >= 4 is 11.9 Å². The molecule has 2 aliphatic rings. The third kappa shape index (κ3) is 2.03. The van der Waals surface area contributed by atoms with Crippen molar-refractivity contribution in [3.8, 4) is 5.75 Å². The molecule has 1 fully saturated rings. The van der Waals surface area contributed by atoms with Crippen molar-refractivity contribution in [1.82, 2.24) is 4.90 Å². The molecule has 0 unspecified atom stereocenters. The maximum absolute atomic E-state index is 12.4. The number of carboxylic acids is 1. The molecule has 0 saturated carbocycles. The van der Waals surface area contributed by atoms with E-state index in [9.17, 15) is 14.7 Å². The molecule has 1 aromatic carbocycles. The van der Waals surface area contributed by atoms with Crippen molar-refractivity contribution in [3.05, 3.63) is 29.8 Å². The van der Waals surface area contributed by atoms with E-state index in [4.69, 9.17) is 4.74 Å². The first-order valence-electron chi connectivity index (χ1n) is 6.76. The first-order valence-corrected chi connectivity index (χ1v) is 6.76. The van der Waals surface area contributed by atoms with Gasteiger partial charge in [0.1, 0.15) is 5.75 Å². The number of nitrogens with zero attached hydrogens (tertiary/aromatic N) is 1. The van der Waals surface area contributed by atoms with Gasteiger partial charge in [-0.05, 0) is 25.0 Å². The van der Waals surface area contributed by atoms with E-state index < -0.39 is 17.5 Å². The summed E-state index contributed by atoms with van der Waals surface area (Å²) in [6.07, 6.45) is 0.548. The highest BCUT2D eigenvalue weighted by molar-refractivity contribution is 5.84. The van der Waals surface area contributed by atoms with Gasteiger partial charge in [0, 0.05) is 19.5 Å². The lowest BCUT2D eigenvalue weighted by Crippen LogP contribution is -2.42. The van der Waals surface area contributed by atoms with E-state index in [2.05, 4.69) is 0 Å². The number of fused-ring (bicyclic) bond motifs is 1. The van der Waals surface area contributed by atoms with Gasteiger partial charge < -0.3 is 14.7 Å². The molecule has 1 N–H and O–H groups in total. The van der Waals surface area contributed by atoms with Gasteiger partial charge in [-0.3, -0.25) is 9.59 Å². The largest absolute Gasteiger partial charge is 0.481 e. The first kappa shape index (κ1) is 13.0. The molecule has 1 saturated heterocycles. The van der Waals surface area contributed by atoms with Crippen LogP contribution in [0.2, 0.25) is 0 Å². The number of carboxylic acid groups (broad SMARTS) is 1. The molecule has 0 aliphatic carbocycles. The molecular weight excluding hydrogens is 258 g/mol. The third-order valence-corrected chi connectivity index (χ3v) is 4.22. The minimum atomic E-state index is -0.844. The number of benzene rings is 1. The van der Waals surface area contributed by atoms with Crippen LogP contribution in [0.1, 0.15) is 18.9 Å². The molecule has 0 spiro atoms. The number of likely N-dealkylation sites (tertiary alicyclic amines) is 1. The fourth-order valence-corrected chi connectivity index (χ4v) is 2.85. The van der Waals surface area contributed by atoms with Gasteiger partial charge in [-0.25, -0.2) is 0 Å². The Kier molecular flexibility index (Phi) is 2.92. The SMILES string of the molecule is C[C@@]1(C(=O)O)CCN(C(=O)[C@@H]2Cc3ccccc3O2)C1. The number of ether oxygens (including phenoxy) is 1. The number of hydrogen-bond acceptors (Lipinski definition) is 3. The van der Waals surface area contributed by atoms with E-state index in [1.807, 2.05) is 24.3 Å². The quantitative estimate of drug-likeness (QED) is 0.883. The van der Waals surface area contributed by atoms with Crippen molar-refractivity contribution in [1.29, 1.82) is 0 Å². The number of carbonyl (C=O) groups excluding carboxylic acids is 1. The number of aliphatic carboxylic acids is 1. The monoisotopic (exact) mass is 275 g/mol. The van der Waals surface area contributed by atoms with Gasteiger partial charge in [-0.1, -0.05) is 18.2 Å². The first-order chi connectivity index (χ1) is 9.49. The van der Waals surface area contributed by atoms with Gasteiger partial charge in [0.25, 0.3) is 5.91 Å². The Morgan fingerprint density at radius 2 is 2.15 bits per heavy atom. The van der Waals surface area contributed by atoms with Gasteiger partial charge in [0.05, 0.1) is 5.41 Å². The van der Waals surface area contributed by atoms with E-state index >= 15 is 0 Å². The maximum atomic E-state index is 12.4. The molecule has 0 radical (unpaired) electrons. The minimum Gasteiger partial charge on any atom is -0.481 e. The molecule has 106 valence electrons. The summed E-state index contributed by atoms with van der Waals surface area (Å²) in [6.45, 7) is 2.43. The highest BCUT2D eigenvalue weighted by Gasteiger charge is 2.44. The van der Waals surface area contributed by atoms with Crippen LogP contribution in [0.5, 0.6) is 5.75 Å². The highest BCUT2D eigenvalue weighted by atomic mass is 16.5. The second kappa shape index (κ2) is 4.51. The Morgan fingerprint density at radius 1 is 1.40 bits per heavy atom. The molecule has 1 amide bonds. The average molecular weight is 275 g/mol.